The molecule has 1 fully saturated rings. The fourth-order valence-electron chi connectivity index (χ4n) is 3.22. The monoisotopic (exact) mass is 368 g/mol. The quantitative estimate of drug-likeness (QED) is 0.798. The Morgan fingerprint density at radius 2 is 2.24 bits per heavy atom. The minimum absolute atomic E-state index is 0.0345. The maximum absolute atomic E-state index is 12.5. The van der Waals surface area contributed by atoms with Gasteiger partial charge in [-0.1, -0.05) is 6.07 Å². The molecule has 0 aromatic heterocycles. The fraction of sp³-hybridized carbons (Fsp3) is 0.588. The molecule has 1 aromatic carbocycles. The number of hydrogen-bond acceptors (Lipinski definition) is 5. The first-order chi connectivity index (χ1) is 12.0. The van der Waals surface area contributed by atoms with E-state index in [1.165, 1.54) is 7.11 Å². The topological polar surface area (TPSA) is 84.9 Å². The molecule has 1 atom stereocenters. The summed E-state index contributed by atoms with van der Waals surface area (Å²) in [6.07, 6.45) is 2.47. The van der Waals surface area contributed by atoms with E-state index in [0.29, 0.717) is 32.7 Å². The van der Waals surface area contributed by atoms with Gasteiger partial charge < -0.3 is 14.4 Å². The number of hydrogen-bond donors (Lipinski definition) is 1. The van der Waals surface area contributed by atoms with Gasteiger partial charge >= 0.3 is 0 Å². The summed E-state index contributed by atoms with van der Waals surface area (Å²) in [4.78, 5) is 13.9. The molecule has 1 unspecified atom stereocenters. The van der Waals surface area contributed by atoms with E-state index < -0.39 is 10.0 Å². The first-order valence-electron chi connectivity index (χ1n) is 8.49. The van der Waals surface area contributed by atoms with Crippen molar-refractivity contribution in [3.8, 4) is 0 Å². The van der Waals surface area contributed by atoms with Crippen molar-refractivity contribution in [1.29, 1.82) is 0 Å². The van der Waals surface area contributed by atoms with Crippen molar-refractivity contribution in [3.05, 3.63) is 29.3 Å². The van der Waals surface area contributed by atoms with Gasteiger partial charge in [-0.15, -0.1) is 0 Å². The average molecular weight is 368 g/mol. The maximum Gasteiger partial charge on any atom is 0.248 e. The van der Waals surface area contributed by atoms with E-state index in [9.17, 15) is 13.2 Å². The summed E-state index contributed by atoms with van der Waals surface area (Å²) >= 11 is 0. The maximum atomic E-state index is 12.5. The molecule has 2 heterocycles. The lowest BCUT2D eigenvalue weighted by Gasteiger charge is -2.29. The molecule has 0 bridgehead atoms. The van der Waals surface area contributed by atoms with Crippen LogP contribution in [0.4, 0.5) is 0 Å². The van der Waals surface area contributed by atoms with Crippen molar-refractivity contribution in [2.45, 2.75) is 36.8 Å². The fourth-order valence-corrected chi connectivity index (χ4v) is 4.33. The summed E-state index contributed by atoms with van der Waals surface area (Å²) in [7, 11) is -2.05. The smallest absolute Gasteiger partial charge is 0.248 e. The first kappa shape index (κ1) is 18.3. The van der Waals surface area contributed by atoms with Crippen LogP contribution in [0.1, 0.15) is 24.0 Å². The van der Waals surface area contributed by atoms with Gasteiger partial charge in [0.15, 0.2) is 0 Å². The molecule has 0 radical (unpaired) electrons. The molecule has 2 aliphatic heterocycles. The standard InChI is InChI=1S/C17H24N2O5S/c1-23-12-17(20)19-7-6-13-9-16(5-4-14(13)11-19)25(21,22)18-10-15-3-2-8-24-15/h4-5,9,15,18H,2-3,6-8,10-12H2,1H3. The Bertz CT molecular complexity index is 729. The van der Waals surface area contributed by atoms with E-state index >= 15 is 0 Å². The molecular formula is C17H24N2O5S. The van der Waals surface area contributed by atoms with Crippen molar-refractivity contribution in [2.75, 3.05) is 33.4 Å². The first-order valence-corrected chi connectivity index (χ1v) is 9.97. The van der Waals surface area contributed by atoms with Crippen LogP contribution in [0.2, 0.25) is 0 Å². The molecule has 1 aromatic rings. The van der Waals surface area contributed by atoms with Crippen LogP contribution in [0.25, 0.3) is 0 Å². The van der Waals surface area contributed by atoms with E-state index in [4.69, 9.17) is 9.47 Å². The predicted octanol–water partition coefficient (Wildman–Crippen LogP) is 0.675. The molecule has 1 N–H and O–H groups in total. The molecule has 0 spiro atoms. The average Bonchev–Trinajstić information content (AvgIpc) is 3.13. The number of rotatable bonds is 6. The summed E-state index contributed by atoms with van der Waals surface area (Å²) in [5, 5.41) is 0. The lowest BCUT2D eigenvalue weighted by atomic mass is 10.00. The van der Waals surface area contributed by atoms with Crippen LogP contribution in [-0.4, -0.2) is 58.7 Å². The second-order valence-corrected chi connectivity index (χ2v) is 8.18. The van der Waals surface area contributed by atoms with E-state index in [1.54, 1.807) is 23.1 Å². The van der Waals surface area contributed by atoms with Crippen LogP contribution in [0.3, 0.4) is 0 Å². The number of benzene rings is 1. The molecule has 1 saturated heterocycles. The van der Waals surface area contributed by atoms with Crippen LogP contribution >= 0.6 is 0 Å². The summed E-state index contributed by atoms with van der Waals surface area (Å²) < 4.78 is 37.9. The molecular weight excluding hydrogens is 344 g/mol. The Kier molecular flexibility index (Phi) is 5.73. The van der Waals surface area contributed by atoms with Crippen molar-refractivity contribution >= 4 is 15.9 Å². The number of sulfonamides is 1. The van der Waals surface area contributed by atoms with Gasteiger partial charge in [-0.2, -0.15) is 0 Å². The summed E-state index contributed by atoms with van der Waals surface area (Å²) in [5.74, 6) is -0.0527. The SMILES string of the molecule is COCC(=O)N1CCc2cc(S(=O)(=O)NCC3CCCO3)ccc2C1. The third-order valence-electron chi connectivity index (χ3n) is 4.65. The lowest BCUT2D eigenvalue weighted by Crippen LogP contribution is -2.38. The molecule has 7 nitrogen and oxygen atoms in total. The Morgan fingerprint density at radius 1 is 1.40 bits per heavy atom. The molecule has 8 heteroatoms. The number of ether oxygens (including phenoxy) is 2. The summed E-state index contributed by atoms with van der Waals surface area (Å²) in [6.45, 7) is 2.13. The highest BCUT2D eigenvalue weighted by Gasteiger charge is 2.24. The highest BCUT2D eigenvalue weighted by molar-refractivity contribution is 7.89. The van der Waals surface area contributed by atoms with Crippen LogP contribution < -0.4 is 4.72 Å². The number of nitrogens with one attached hydrogen (secondary N) is 1. The molecule has 2 aliphatic rings. The van der Waals surface area contributed by atoms with Gasteiger partial charge in [0.25, 0.3) is 0 Å². The Hall–Kier alpha value is -1.48. The largest absolute Gasteiger partial charge is 0.377 e. The van der Waals surface area contributed by atoms with Crippen LogP contribution in [0.5, 0.6) is 0 Å². The minimum atomic E-state index is -3.55. The zero-order valence-electron chi connectivity index (χ0n) is 14.4. The highest BCUT2D eigenvalue weighted by Crippen LogP contribution is 2.23. The van der Waals surface area contributed by atoms with Crippen LogP contribution in [-0.2, 0) is 37.3 Å². The second kappa shape index (κ2) is 7.82. The number of carbonyl (C=O) groups is 1. The van der Waals surface area contributed by atoms with Gasteiger partial charge in [0.2, 0.25) is 15.9 Å². The van der Waals surface area contributed by atoms with E-state index in [0.717, 1.165) is 24.0 Å². The van der Waals surface area contributed by atoms with Gasteiger partial charge in [0.05, 0.1) is 11.0 Å². The van der Waals surface area contributed by atoms with Gasteiger partial charge in [-0.3, -0.25) is 4.79 Å². The van der Waals surface area contributed by atoms with Crippen molar-refractivity contribution in [1.82, 2.24) is 9.62 Å². The van der Waals surface area contributed by atoms with E-state index in [-0.39, 0.29) is 23.5 Å². The van der Waals surface area contributed by atoms with E-state index in [2.05, 4.69) is 4.72 Å². The third kappa shape index (κ3) is 4.38. The van der Waals surface area contributed by atoms with Gasteiger partial charge in [-0.05, 0) is 42.5 Å². The Balaban J connectivity index is 1.68. The van der Waals surface area contributed by atoms with Crippen molar-refractivity contribution in [2.24, 2.45) is 0 Å². The van der Waals surface area contributed by atoms with Gasteiger partial charge in [0.1, 0.15) is 6.61 Å². The number of fused-ring (bicyclic) bond motifs is 1. The summed E-state index contributed by atoms with van der Waals surface area (Å²) in [6, 6.07) is 5.11. The van der Waals surface area contributed by atoms with Gasteiger partial charge in [0, 0.05) is 33.4 Å². The van der Waals surface area contributed by atoms with Crippen molar-refractivity contribution in [3.63, 3.8) is 0 Å². The molecule has 1 amide bonds. The second-order valence-electron chi connectivity index (χ2n) is 6.42. The number of methoxy groups -OCH3 is 1. The third-order valence-corrected chi connectivity index (χ3v) is 6.07. The zero-order chi connectivity index (χ0) is 17.9. The number of amides is 1. The zero-order valence-corrected chi connectivity index (χ0v) is 15.2. The lowest BCUT2D eigenvalue weighted by molar-refractivity contribution is -0.136. The molecule has 0 aliphatic carbocycles. The molecule has 3 rings (SSSR count). The number of carbonyl (C=O) groups excluding carboxylic acids is 1. The molecule has 25 heavy (non-hydrogen) atoms. The van der Waals surface area contributed by atoms with Gasteiger partial charge in [-0.25, -0.2) is 13.1 Å². The Labute approximate surface area is 148 Å². The molecule has 138 valence electrons. The van der Waals surface area contributed by atoms with E-state index in [1.807, 2.05) is 0 Å². The summed E-state index contributed by atoms with van der Waals surface area (Å²) in [5.41, 5.74) is 1.95. The minimum Gasteiger partial charge on any atom is -0.377 e. The Morgan fingerprint density at radius 3 is 2.96 bits per heavy atom. The highest BCUT2D eigenvalue weighted by atomic mass is 32.2. The molecule has 0 saturated carbocycles. The number of nitrogens with zero attached hydrogens (tertiary/aromatic N) is 1. The van der Waals surface area contributed by atoms with Crippen LogP contribution in [0, 0.1) is 0 Å². The van der Waals surface area contributed by atoms with Crippen molar-refractivity contribution < 1.29 is 22.7 Å². The predicted molar refractivity (Wildman–Crippen MR) is 91.6 cm³/mol. The normalized spacial score (nSPS) is 20.5. The van der Waals surface area contributed by atoms with Crippen LogP contribution in [0.15, 0.2) is 23.1 Å².